The number of carboxylic acid groups (broad SMARTS) is 1. The van der Waals surface area contributed by atoms with Gasteiger partial charge in [-0.25, -0.2) is 28.8 Å². The summed E-state index contributed by atoms with van der Waals surface area (Å²) in [6, 6.07) is 17.4. The van der Waals surface area contributed by atoms with Gasteiger partial charge in [-0.3, -0.25) is 0 Å². The van der Waals surface area contributed by atoms with Crippen molar-refractivity contribution in [3.8, 4) is 22.5 Å². The van der Waals surface area contributed by atoms with E-state index in [0.717, 1.165) is 42.3 Å². The monoisotopic (exact) mass is 513 g/mol. The van der Waals surface area contributed by atoms with Gasteiger partial charge >= 0.3 is 6.09 Å². The third-order valence-corrected chi connectivity index (χ3v) is 6.78. The van der Waals surface area contributed by atoms with E-state index in [4.69, 9.17) is 15.9 Å². The Kier molecular flexibility index (Phi) is 7.12. The zero-order valence-corrected chi connectivity index (χ0v) is 20.9. The number of nitrogens with zero attached hydrogens (tertiary/aromatic N) is 5. The zero-order chi connectivity index (χ0) is 26.6. The fourth-order valence-corrected chi connectivity index (χ4v) is 4.87. The Morgan fingerprint density at radius 1 is 1.05 bits per heavy atom. The highest BCUT2D eigenvalue weighted by atomic mass is 19.1. The number of anilines is 1. The smallest absolute Gasteiger partial charge is 0.404 e. The molecule has 1 saturated carbocycles. The van der Waals surface area contributed by atoms with Gasteiger partial charge in [0.1, 0.15) is 23.4 Å². The van der Waals surface area contributed by atoms with Crippen molar-refractivity contribution in [2.24, 2.45) is 0 Å². The molecule has 3 aromatic heterocycles. The van der Waals surface area contributed by atoms with Gasteiger partial charge in [0, 0.05) is 23.6 Å². The molecule has 194 valence electrons. The molecule has 10 heteroatoms. The maximum Gasteiger partial charge on any atom is 0.404 e. The number of hydrogen-bond acceptors (Lipinski definition) is 6. The van der Waals surface area contributed by atoms with Crippen LogP contribution in [0.1, 0.15) is 38.1 Å². The summed E-state index contributed by atoms with van der Waals surface area (Å²) in [5.74, 6) is -0.105. The molecule has 1 amide bonds. The molecule has 38 heavy (non-hydrogen) atoms. The van der Waals surface area contributed by atoms with Crippen molar-refractivity contribution in [2.75, 3.05) is 12.8 Å². The van der Waals surface area contributed by atoms with Crippen molar-refractivity contribution in [2.45, 2.75) is 38.1 Å². The highest BCUT2D eigenvalue weighted by molar-refractivity contribution is 6.00. The second-order valence-electron chi connectivity index (χ2n) is 9.16. The number of carbonyl (C=O) groups is 1. The summed E-state index contributed by atoms with van der Waals surface area (Å²) in [5.41, 5.74) is 9.72. The second kappa shape index (κ2) is 10.8. The Bertz CT molecular complexity index is 1600. The molecule has 0 saturated heterocycles. The van der Waals surface area contributed by atoms with Crippen LogP contribution in [-0.4, -0.2) is 43.0 Å². The van der Waals surface area contributed by atoms with Gasteiger partial charge in [0.2, 0.25) is 0 Å². The number of aromatic nitrogens is 5. The van der Waals surface area contributed by atoms with Gasteiger partial charge in [0.15, 0.2) is 11.5 Å². The number of amides is 1. The molecule has 0 bridgehead atoms. The van der Waals surface area contributed by atoms with Gasteiger partial charge < -0.3 is 16.2 Å². The minimum atomic E-state index is -0.995. The lowest BCUT2D eigenvalue weighted by Crippen LogP contribution is -2.14. The predicted octanol–water partition coefficient (Wildman–Crippen LogP) is 5.82. The number of rotatable bonds is 3. The summed E-state index contributed by atoms with van der Waals surface area (Å²) in [4.78, 5) is 22.6. The Hall–Kier alpha value is -4.60. The molecular formula is C28H28FN7O2. The van der Waals surface area contributed by atoms with Gasteiger partial charge in [0.05, 0.1) is 17.1 Å². The molecule has 0 radical (unpaired) electrons. The molecule has 6 rings (SSSR count). The number of nitrogens with two attached hydrogens (primary N) is 1. The van der Waals surface area contributed by atoms with Crippen LogP contribution in [0.3, 0.4) is 0 Å². The third kappa shape index (κ3) is 4.84. The zero-order valence-electron chi connectivity index (χ0n) is 20.9. The molecule has 1 fully saturated rings. The van der Waals surface area contributed by atoms with Crippen molar-refractivity contribution in [3.63, 3.8) is 0 Å². The van der Waals surface area contributed by atoms with Crippen molar-refractivity contribution >= 4 is 33.8 Å². The fourth-order valence-electron chi connectivity index (χ4n) is 4.87. The molecule has 1 aliphatic rings. The van der Waals surface area contributed by atoms with Crippen LogP contribution in [0.5, 0.6) is 0 Å². The molecule has 0 unspecified atom stereocenters. The minimum absolute atomic E-state index is 0.232. The average Bonchev–Trinajstić information content (AvgIpc) is 3.35. The Morgan fingerprint density at radius 3 is 2.47 bits per heavy atom. The van der Waals surface area contributed by atoms with Crippen LogP contribution in [0.2, 0.25) is 0 Å². The molecule has 2 aromatic carbocycles. The Labute approximate surface area is 218 Å². The van der Waals surface area contributed by atoms with E-state index in [1.54, 1.807) is 6.07 Å². The van der Waals surface area contributed by atoms with Gasteiger partial charge in [0.25, 0.3) is 0 Å². The first-order chi connectivity index (χ1) is 18.5. The summed E-state index contributed by atoms with van der Waals surface area (Å²) in [6.07, 6.45) is 6.05. The number of benzene rings is 2. The summed E-state index contributed by atoms with van der Waals surface area (Å²) >= 11 is 0. The molecule has 0 aliphatic heterocycles. The topological polar surface area (TPSA) is 132 Å². The molecule has 3 heterocycles. The van der Waals surface area contributed by atoms with Crippen LogP contribution >= 0.6 is 0 Å². The van der Waals surface area contributed by atoms with E-state index in [9.17, 15) is 4.79 Å². The Morgan fingerprint density at radius 2 is 1.76 bits per heavy atom. The lowest BCUT2D eigenvalue weighted by molar-refractivity contribution is 0.197. The molecule has 4 N–H and O–H groups in total. The number of hydrogen-bond donors (Lipinski definition) is 3. The summed E-state index contributed by atoms with van der Waals surface area (Å²) in [7, 11) is 1.35. The average molecular weight is 514 g/mol. The minimum Gasteiger partial charge on any atom is -0.465 e. The van der Waals surface area contributed by atoms with E-state index in [0.29, 0.717) is 33.6 Å². The number of fused-ring (bicyclic) bond motifs is 2. The first-order valence-electron chi connectivity index (χ1n) is 12.5. The first kappa shape index (κ1) is 25.1. The van der Waals surface area contributed by atoms with E-state index >= 15 is 4.39 Å². The van der Waals surface area contributed by atoms with Crippen LogP contribution in [-0.2, 0) is 0 Å². The van der Waals surface area contributed by atoms with Crippen molar-refractivity contribution in [1.29, 1.82) is 0 Å². The first-order valence-corrected chi connectivity index (χ1v) is 12.5. The molecule has 1 aliphatic carbocycles. The maximum atomic E-state index is 16.0. The molecular weight excluding hydrogens is 485 g/mol. The lowest BCUT2D eigenvalue weighted by atomic mass is 9.96. The Balaban J connectivity index is 0.000000540. The van der Waals surface area contributed by atoms with Crippen molar-refractivity contribution in [1.82, 2.24) is 30.0 Å². The fraction of sp³-hybridized carbons (Fsp3) is 0.250. The van der Waals surface area contributed by atoms with Gasteiger partial charge in [-0.15, -0.1) is 0 Å². The largest absolute Gasteiger partial charge is 0.465 e. The quantitative estimate of drug-likeness (QED) is 0.277. The van der Waals surface area contributed by atoms with Crippen molar-refractivity contribution in [3.05, 3.63) is 66.7 Å². The highest BCUT2D eigenvalue weighted by Crippen LogP contribution is 2.38. The number of halogens is 1. The normalized spacial score (nSPS) is 13.7. The van der Waals surface area contributed by atoms with E-state index in [1.807, 2.05) is 58.5 Å². The second-order valence-corrected chi connectivity index (χ2v) is 9.16. The third-order valence-electron chi connectivity index (χ3n) is 6.78. The van der Waals surface area contributed by atoms with Crippen LogP contribution in [0.25, 0.3) is 44.5 Å². The predicted molar refractivity (Wildman–Crippen MR) is 145 cm³/mol. The number of nitrogens with one attached hydrogen (secondary N) is 1. The summed E-state index contributed by atoms with van der Waals surface area (Å²) in [6.45, 7) is 0. The number of pyridine rings is 1. The summed E-state index contributed by atoms with van der Waals surface area (Å²) < 4.78 is 17.9. The van der Waals surface area contributed by atoms with E-state index in [2.05, 4.69) is 15.0 Å². The van der Waals surface area contributed by atoms with Crippen molar-refractivity contribution < 1.29 is 14.3 Å². The highest BCUT2D eigenvalue weighted by Gasteiger charge is 2.25. The van der Waals surface area contributed by atoms with Crippen LogP contribution < -0.4 is 11.1 Å². The van der Waals surface area contributed by atoms with Crippen LogP contribution in [0.4, 0.5) is 15.0 Å². The van der Waals surface area contributed by atoms with E-state index in [-0.39, 0.29) is 6.04 Å². The van der Waals surface area contributed by atoms with Gasteiger partial charge in [-0.1, -0.05) is 61.7 Å². The SMILES string of the molecule is CNC(=O)O.Nc1ncnc2c1c(-c1ccc3ccc(-c4ccccc4)nc3c1F)nn2C1CCCCC1. The van der Waals surface area contributed by atoms with E-state index < -0.39 is 11.9 Å². The molecule has 0 atom stereocenters. The molecule has 5 aromatic rings. The lowest BCUT2D eigenvalue weighted by Gasteiger charge is -2.22. The van der Waals surface area contributed by atoms with Gasteiger partial charge in [-0.05, 0) is 25.0 Å². The summed E-state index contributed by atoms with van der Waals surface area (Å²) in [5, 5.41) is 15.7. The standard InChI is InChI=1S/C26H23FN6.C2H5NO2/c27-22-19(13-11-17-12-14-20(31-23(17)22)16-7-3-1-4-8-16)24-21-25(28)29-15-30-26(21)33(32-24)18-9-5-2-6-10-18;1-3-2(4)5/h1,3-4,7-8,11-15,18H,2,5-6,9-10H2,(H2,28,29,30);3H,1H3,(H,4,5). The number of nitrogen functional groups attached to an aromatic ring is 1. The van der Waals surface area contributed by atoms with E-state index in [1.165, 1.54) is 19.8 Å². The van der Waals surface area contributed by atoms with Crippen LogP contribution in [0.15, 0.2) is 60.9 Å². The molecule has 0 spiro atoms. The maximum absolute atomic E-state index is 16.0. The molecule has 9 nitrogen and oxygen atoms in total. The van der Waals surface area contributed by atoms with Gasteiger partial charge in [-0.2, -0.15) is 5.10 Å². The van der Waals surface area contributed by atoms with Crippen LogP contribution in [0, 0.1) is 5.82 Å².